The molecule has 5 nitrogen and oxygen atoms in total. The molecule has 24 heavy (non-hydrogen) atoms. The Balaban J connectivity index is 2.08. The van der Waals surface area contributed by atoms with Crippen molar-refractivity contribution in [1.29, 1.82) is 0 Å². The summed E-state index contributed by atoms with van der Waals surface area (Å²) in [6, 6.07) is 0.208. The van der Waals surface area contributed by atoms with Crippen molar-refractivity contribution in [3.63, 3.8) is 0 Å². The van der Waals surface area contributed by atoms with Crippen molar-refractivity contribution in [3.8, 4) is 0 Å². The zero-order valence-electron chi connectivity index (χ0n) is 15.4. The van der Waals surface area contributed by atoms with Gasteiger partial charge in [0.2, 0.25) is 0 Å². The number of aliphatic hydroxyl groups excluding tert-OH is 1. The average molecular weight is 341 g/mol. The summed E-state index contributed by atoms with van der Waals surface area (Å²) in [5.41, 5.74) is 0. The molecule has 0 saturated heterocycles. The highest BCUT2D eigenvalue weighted by Gasteiger charge is 2.25. The minimum absolute atomic E-state index is 0.0332. The number of rotatable bonds is 15. The third-order valence-corrected chi connectivity index (χ3v) is 4.70. The Morgan fingerprint density at radius 3 is 2.21 bits per heavy atom. The lowest BCUT2D eigenvalue weighted by Crippen LogP contribution is -2.33. The highest BCUT2D eigenvalue weighted by molar-refractivity contribution is 5.97. The molecule has 0 aliphatic carbocycles. The normalized spacial score (nSPS) is 17.3. The molecule has 0 aromatic heterocycles. The number of carboxylic acids is 1. The molecule has 2 N–H and O–H groups in total. The van der Waals surface area contributed by atoms with Crippen LogP contribution >= 0.6 is 0 Å². The van der Waals surface area contributed by atoms with Crippen LogP contribution in [-0.2, 0) is 4.79 Å². The van der Waals surface area contributed by atoms with Crippen LogP contribution in [0.5, 0.6) is 0 Å². The SMILES string of the molecule is CCCCCCCCCCCCC1CN(CCO)C(CC(=O)O)=N1. The molecular formula is C19H36N2O3. The van der Waals surface area contributed by atoms with E-state index in [4.69, 9.17) is 10.2 Å². The molecule has 0 aromatic rings. The first-order valence-corrected chi connectivity index (χ1v) is 9.81. The van der Waals surface area contributed by atoms with Gasteiger partial charge in [0.05, 0.1) is 12.6 Å². The lowest BCUT2D eigenvalue weighted by molar-refractivity contribution is -0.135. The van der Waals surface area contributed by atoms with Gasteiger partial charge in [0.1, 0.15) is 12.3 Å². The standard InChI is InChI=1S/C19H36N2O3/c1-2-3-4-5-6-7-8-9-10-11-12-17-16-21(13-14-22)18(20-17)15-19(23)24/h17,22H,2-16H2,1H3,(H,23,24). The molecule has 0 radical (unpaired) electrons. The summed E-state index contributed by atoms with van der Waals surface area (Å²) in [6.07, 6.45) is 14.2. The van der Waals surface area contributed by atoms with Crippen molar-refractivity contribution in [2.75, 3.05) is 19.7 Å². The summed E-state index contributed by atoms with van der Waals surface area (Å²) in [4.78, 5) is 17.4. The first-order valence-electron chi connectivity index (χ1n) is 9.81. The number of hydrogen-bond acceptors (Lipinski definition) is 4. The van der Waals surface area contributed by atoms with E-state index < -0.39 is 5.97 Å². The Morgan fingerprint density at radius 1 is 1.08 bits per heavy atom. The average Bonchev–Trinajstić information content (AvgIpc) is 2.90. The van der Waals surface area contributed by atoms with Gasteiger partial charge in [-0.3, -0.25) is 9.79 Å². The van der Waals surface area contributed by atoms with Crippen molar-refractivity contribution in [1.82, 2.24) is 4.90 Å². The fourth-order valence-electron chi connectivity index (χ4n) is 3.35. The van der Waals surface area contributed by atoms with Gasteiger partial charge in [-0.2, -0.15) is 0 Å². The lowest BCUT2D eigenvalue weighted by Gasteiger charge is -2.18. The third kappa shape index (κ3) is 9.26. The largest absolute Gasteiger partial charge is 0.481 e. The molecule has 0 bridgehead atoms. The van der Waals surface area contributed by atoms with Crippen LogP contribution in [0.15, 0.2) is 4.99 Å². The molecule has 1 atom stereocenters. The number of carboxylic acid groups (broad SMARTS) is 1. The van der Waals surface area contributed by atoms with E-state index in [0.717, 1.165) is 19.4 Å². The number of aliphatic imine (C=N–C) groups is 1. The van der Waals surface area contributed by atoms with Crippen molar-refractivity contribution >= 4 is 11.8 Å². The van der Waals surface area contributed by atoms with Crippen molar-refractivity contribution in [2.45, 2.75) is 90.0 Å². The number of β-amino-alcohol motifs (C(OH)–C–C–N with tert-alkyl or cyclic N) is 1. The van der Waals surface area contributed by atoms with Gasteiger partial charge in [-0.05, 0) is 6.42 Å². The molecule has 1 unspecified atom stereocenters. The molecule has 0 saturated carbocycles. The van der Waals surface area contributed by atoms with E-state index >= 15 is 0 Å². The van der Waals surface area contributed by atoms with E-state index in [-0.39, 0.29) is 19.1 Å². The number of amidine groups is 1. The Labute approximate surface area is 147 Å². The second-order valence-electron chi connectivity index (χ2n) is 6.91. The van der Waals surface area contributed by atoms with Gasteiger partial charge < -0.3 is 15.1 Å². The number of aliphatic hydroxyl groups is 1. The summed E-state index contributed by atoms with van der Waals surface area (Å²) < 4.78 is 0. The maximum absolute atomic E-state index is 10.9. The van der Waals surface area contributed by atoms with E-state index in [1.54, 1.807) is 0 Å². The monoisotopic (exact) mass is 340 g/mol. The van der Waals surface area contributed by atoms with Crippen LogP contribution in [0.4, 0.5) is 0 Å². The van der Waals surface area contributed by atoms with Crippen LogP contribution in [0.1, 0.15) is 84.0 Å². The van der Waals surface area contributed by atoms with Crippen LogP contribution < -0.4 is 0 Å². The van der Waals surface area contributed by atoms with Crippen LogP contribution in [0.25, 0.3) is 0 Å². The number of hydrogen-bond donors (Lipinski definition) is 2. The molecule has 1 heterocycles. The summed E-state index contributed by atoms with van der Waals surface area (Å²) in [6.45, 7) is 3.55. The van der Waals surface area contributed by atoms with E-state index in [9.17, 15) is 4.79 Å². The van der Waals surface area contributed by atoms with Gasteiger partial charge >= 0.3 is 5.97 Å². The van der Waals surface area contributed by atoms with Gasteiger partial charge in [0.15, 0.2) is 0 Å². The van der Waals surface area contributed by atoms with E-state index in [1.165, 1.54) is 57.8 Å². The topological polar surface area (TPSA) is 73.1 Å². The molecule has 1 rings (SSSR count). The fraction of sp³-hybridized carbons (Fsp3) is 0.895. The molecule has 140 valence electrons. The lowest BCUT2D eigenvalue weighted by atomic mass is 10.0. The Bertz CT molecular complexity index is 372. The zero-order chi connectivity index (χ0) is 17.6. The Morgan fingerprint density at radius 2 is 1.67 bits per heavy atom. The van der Waals surface area contributed by atoms with Gasteiger partial charge in [-0.25, -0.2) is 0 Å². The Hall–Kier alpha value is -1.10. The molecular weight excluding hydrogens is 304 g/mol. The van der Waals surface area contributed by atoms with Crippen molar-refractivity contribution < 1.29 is 15.0 Å². The first kappa shape index (κ1) is 20.9. The highest BCUT2D eigenvalue weighted by atomic mass is 16.4. The van der Waals surface area contributed by atoms with Crippen LogP contribution in [-0.4, -0.2) is 52.7 Å². The second-order valence-corrected chi connectivity index (χ2v) is 6.91. The van der Waals surface area contributed by atoms with Crippen LogP contribution in [0.3, 0.4) is 0 Å². The van der Waals surface area contributed by atoms with Gasteiger partial charge in [0.25, 0.3) is 0 Å². The number of aliphatic carboxylic acids is 1. The summed E-state index contributed by atoms with van der Waals surface area (Å²) in [7, 11) is 0. The Kier molecular flexibility index (Phi) is 11.5. The van der Waals surface area contributed by atoms with Crippen molar-refractivity contribution in [3.05, 3.63) is 0 Å². The summed E-state index contributed by atoms with van der Waals surface area (Å²) in [5, 5.41) is 18.0. The fourth-order valence-corrected chi connectivity index (χ4v) is 3.35. The highest BCUT2D eigenvalue weighted by Crippen LogP contribution is 2.18. The minimum Gasteiger partial charge on any atom is -0.481 e. The molecule has 0 fully saturated rings. The van der Waals surface area contributed by atoms with Gasteiger partial charge in [0, 0.05) is 13.1 Å². The molecule has 0 aromatic carbocycles. The quantitative estimate of drug-likeness (QED) is 0.444. The van der Waals surface area contributed by atoms with Crippen LogP contribution in [0.2, 0.25) is 0 Å². The molecule has 0 spiro atoms. The third-order valence-electron chi connectivity index (χ3n) is 4.70. The molecule has 5 heteroatoms. The molecule has 0 amide bonds. The van der Waals surface area contributed by atoms with Gasteiger partial charge in [-0.15, -0.1) is 0 Å². The molecule has 1 aliphatic rings. The zero-order valence-corrected chi connectivity index (χ0v) is 15.4. The predicted octanol–water partition coefficient (Wildman–Crippen LogP) is 3.85. The maximum Gasteiger partial charge on any atom is 0.310 e. The molecule has 1 aliphatic heterocycles. The summed E-state index contributed by atoms with van der Waals surface area (Å²) >= 11 is 0. The van der Waals surface area contributed by atoms with E-state index in [0.29, 0.717) is 12.4 Å². The number of unbranched alkanes of at least 4 members (excludes halogenated alkanes) is 9. The second kappa shape index (κ2) is 13.2. The minimum atomic E-state index is -0.851. The number of carbonyl (C=O) groups is 1. The van der Waals surface area contributed by atoms with Crippen molar-refractivity contribution in [2.24, 2.45) is 4.99 Å². The van der Waals surface area contributed by atoms with E-state index in [1.807, 2.05) is 4.90 Å². The summed E-state index contributed by atoms with van der Waals surface area (Å²) in [5.74, 6) is -0.218. The predicted molar refractivity (Wildman–Crippen MR) is 98.6 cm³/mol. The first-order chi connectivity index (χ1) is 11.7. The van der Waals surface area contributed by atoms with Crippen LogP contribution in [0, 0.1) is 0 Å². The maximum atomic E-state index is 10.9. The van der Waals surface area contributed by atoms with E-state index in [2.05, 4.69) is 11.9 Å². The number of nitrogens with zero attached hydrogens (tertiary/aromatic N) is 2. The van der Waals surface area contributed by atoms with Gasteiger partial charge in [-0.1, -0.05) is 71.1 Å². The smallest absolute Gasteiger partial charge is 0.310 e.